The van der Waals surface area contributed by atoms with Gasteiger partial charge in [-0.25, -0.2) is 0 Å². The molecule has 122 valence electrons. The van der Waals surface area contributed by atoms with E-state index in [2.05, 4.69) is 24.3 Å². The van der Waals surface area contributed by atoms with Crippen LogP contribution in [-0.2, 0) is 16.0 Å². The molecule has 0 spiro atoms. The van der Waals surface area contributed by atoms with Gasteiger partial charge in [0.2, 0.25) is 0 Å². The summed E-state index contributed by atoms with van der Waals surface area (Å²) in [6.07, 6.45) is 3.49. The molecular weight excluding hydrogens is 290 g/mol. The minimum absolute atomic E-state index is 0.0145. The number of methoxy groups -OCH3 is 1. The molecule has 0 saturated heterocycles. The van der Waals surface area contributed by atoms with Gasteiger partial charge in [0, 0.05) is 13.7 Å². The number of hydrogen-bond acceptors (Lipinski definition) is 4. The first-order valence-electron chi connectivity index (χ1n) is 7.61. The molecule has 1 heterocycles. The molecular formula is C15H28ClN3O2. The van der Waals surface area contributed by atoms with E-state index >= 15 is 0 Å². The topological polar surface area (TPSA) is 48.3 Å². The molecule has 1 atom stereocenters. The monoisotopic (exact) mass is 317 g/mol. The van der Waals surface area contributed by atoms with Crippen LogP contribution in [0, 0.1) is 0 Å². The van der Waals surface area contributed by atoms with E-state index in [1.165, 1.54) is 0 Å². The normalized spacial score (nSPS) is 13.6. The molecule has 0 aliphatic heterocycles. The average molecular weight is 318 g/mol. The summed E-state index contributed by atoms with van der Waals surface area (Å²) >= 11 is 6.40. The van der Waals surface area contributed by atoms with Crippen LogP contribution in [0.15, 0.2) is 6.20 Å². The van der Waals surface area contributed by atoms with Gasteiger partial charge in [-0.3, -0.25) is 4.68 Å². The Kier molecular flexibility index (Phi) is 7.66. The van der Waals surface area contributed by atoms with Crippen LogP contribution < -0.4 is 5.32 Å². The van der Waals surface area contributed by atoms with Gasteiger partial charge >= 0.3 is 0 Å². The lowest BCUT2D eigenvalue weighted by Crippen LogP contribution is -2.45. The minimum atomic E-state index is -0.294. The number of likely N-dealkylation sites (N-methyl/N-ethyl adjacent to an activating group) is 1. The minimum Gasteiger partial charge on any atom is -0.383 e. The maximum Gasteiger partial charge on any atom is 0.0886 e. The molecule has 5 nitrogen and oxygen atoms in total. The summed E-state index contributed by atoms with van der Waals surface area (Å²) in [4.78, 5) is 0. The van der Waals surface area contributed by atoms with Crippen molar-refractivity contribution in [3.63, 3.8) is 0 Å². The zero-order chi connectivity index (χ0) is 15.9. The Morgan fingerprint density at radius 3 is 2.52 bits per heavy atom. The number of ether oxygens (including phenoxy) is 2. The predicted octanol–water partition coefficient (Wildman–Crippen LogP) is 3.04. The van der Waals surface area contributed by atoms with Gasteiger partial charge in [-0.05, 0) is 26.8 Å². The van der Waals surface area contributed by atoms with E-state index in [0.29, 0.717) is 24.8 Å². The van der Waals surface area contributed by atoms with Crippen molar-refractivity contribution in [2.45, 2.75) is 51.8 Å². The van der Waals surface area contributed by atoms with E-state index < -0.39 is 0 Å². The van der Waals surface area contributed by atoms with Crippen LogP contribution in [-0.4, -0.2) is 42.8 Å². The molecule has 0 amide bonds. The average Bonchev–Trinajstić information content (AvgIpc) is 2.86. The molecule has 1 aromatic rings. The molecule has 1 N–H and O–H groups in total. The van der Waals surface area contributed by atoms with Crippen LogP contribution in [0.2, 0.25) is 5.02 Å². The summed E-state index contributed by atoms with van der Waals surface area (Å²) in [6.45, 7) is 8.26. The first-order valence-corrected chi connectivity index (χ1v) is 7.99. The fourth-order valence-corrected chi connectivity index (χ4v) is 3.15. The van der Waals surface area contributed by atoms with Crippen molar-refractivity contribution in [3.8, 4) is 0 Å². The largest absolute Gasteiger partial charge is 0.383 e. The Balaban J connectivity index is 3.21. The SMILES string of the molecule is CCOC(CC)(CC)C(NC)c1c(Cl)cnn1CCOC. The standard InChI is InChI=1S/C15H28ClN3O2/c1-6-15(7-2,21-8-3)14(17-4)13-12(16)11-18-19(13)9-10-20-5/h11,14,17H,6-10H2,1-5H3. The molecule has 0 saturated carbocycles. The molecule has 0 fully saturated rings. The molecule has 0 aliphatic rings. The Morgan fingerprint density at radius 1 is 1.38 bits per heavy atom. The molecule has 0 radical (unpaired) electrons. The third kappa shape index (κ3) is 3.97. The Labute approximate surface area is 132 Å². The molecule has 1 unspecified atom stereocenters. The number of halogens is 1. The van der Waals surface area contributed by atoms with Gasteiger partial charge < -0.3 is 14.8 Å². The maximum absolute atomic E-state index is 6.40. The first kappa shape index (κ1) is 18.4. The Hall–Kier alpha value is -0.620. The summed E-state index contributed by atoms with van der Waals surface area (Å²) < 4.78 is 13.2. The second kappa shape index (κ2) is 8.73. The van der Waals surface area contributed by atoms with E-state index in [9.17, 15) is 0 Å². The summed E-state index contributed by atoms with van der Waals surface area (Å²) in [5.41, 5.74) is 0.672. The van der Waals surface area contributed by atoms with E-state index in [4.69, 9.17) is 21.1 Å². The molecule has 0 aromatic carbocycles. The van der Waals surface area contributed by atoms with Crippen molar-refractivity contribution in [1.82, 2.24) is 15.1 Å². The summed E-state index contributed by atoms with van der Waals surface area (Å²) in [7, 11) is 3.62. The lowest BCUT2D eigenvalue weighted by molar-refractivity contribution is -0.0736. The van der Waals surface area contributed by atoms with Crippen molar-refractivity contribution in [3.05, 3.63) is 16.9 Å². The third-order valence-electron chi connectivity index (χ3n) is 4.06. The van der Waals surface area contributed by atoms with Gasteiger partial charge in [-0.15, -0.1) is 0 Å². The fourth-order valence-electron chi connectivity index (χ4n) is 2.90. The number of nitrogens with one attached hydrogen (secondary N) is 1. The highest BCUT2D eigenvalue weighted by Gasteiger charge is 2.39. The van der Waals surface area contributed by atoms with Crippen molar-refractivity contribution in [1.29, 1.82) is 0 Å². The summed E-state index contributed by atoms with van der Waals surface area (Å²) in [5, 5.41) is 8.42. The third-order valence-corrected chi connectivity index (χ3v) is 4.35. The highest BCUT2D eigenvalue weighted by Crippen LogP contribution is 2.38. The van der Waals surface area contributed by atoms with Gasteiger partial charge in [-0.1, -0.05) is 25.4 Å². The van der Waals surface area contributed by atoms with Crippen molar-refractivity contribution in [2.24, 2.45) is 0 Å². The number of aromatic nitrogens is 2. The molecule has 1 aromatic heterocycles. The predicted molar refractivity (Wildman–Crippen MR) is 85.9 cm³/mol. The summed E-state index contributed by atoms with van der Waals surface area (Å²) in [6, 6.07) is -0.0145. The van der Waals surface area contributed by atoms with Crippen molar-refractivity contribution in [2.75, 3.05) is 27.4 Å². The second-order valence-electron chi connectivity index (χ2n) is 5.02. The van der Waals surface area contributed by atoms with Gasteiger partial charge in [0.15, 0.2) is 0 Å². The van der Waals surface area contributed by atoms with Crippen LogP contribution in [0.3, 0.4) is 0 Å². The Morgan fingerprint density at radius 2 is 2.05 bits per heavy atom. The van der Waals surface area contributed by atoms with E-state index in [-0.39, 0.29) is 11.6 Å². The van der Waals surface area contributed by atoms with Crippen molar-refractivity contribution < 1.29 is 9.47 Å². The van der Waals surface area contributed by atoms with Crippen LogP contribution in [0.1, 0.15) is 45.3 Å². The highest BCUT2D eigenvalue weighted by molar-refractivity contribution is 6.31. The lowest BCUT2D eigenvalue weighted by Gasteiger charge is -2.39. The number of rotatable bonds is 10. The van der Waals surface area contributed by atoms with Crippen LogP contribution in [0.5, 0.6) is 0 Å². The highest BCUT2D eigenvalue weighted by atomic mass is 35.5. The van der Waals surface area contributed by atoms with E-state index in [1.54, 1.807) is 13.3 Å². The van der Waals surface area contributed by atoms with Crippen molar-refractivity contribution >= 4 is 11.6 Å². The molecule has 1 rings (SSSR count). The number of nitrogens with zero attached hydrogens (tertiary/aromatic N) is 2. The van der Waals surface area contributed by atoms with Crippen LogP contribution in [0.25, 0.3) is 0 Å². The van der Waals surface area contributed by atoms with E-state index in [0.717, 1.165) is 18.5 Å². The smallest absolute Gasteiger partial charge is 0.0886 e. The molecule has 0 bridgehead atoms. The second-order valence-corrected chi connectivity index (χ2v) is 5.43. The molecule has 6 heteroatoms. The van der Waals surface area contributed by atoms with Gasteiger partial charge in [0.25, 0.3) is 0 Å². The lowest BCUT2D eigenvalue weighted by atomic mass is 9.86. The van der Waals surface area contributed by atoms with Gasteiger partial charge in [0.1, 0.15) is 0 Å². The van der Waals surface area contributed by atoms with Gasteiger partial charge in [-0.2, -0.15) is 5.10 Å². The Bertz CT molecular complexity index is 419. The molecule has 21 heavy (non-hydrogen) atoms. The first-order chi connectivity index (χ1) is 10.1. The van der Waals surface area contributed by atoms with Crippen LogP contribution >= 0.6 is 11.6 Å². The maximum atomic E-state index is 6.40. The van der Waals surface area contributed by atoms with Gasteiger partial charge in [0.05, 0.1) is 41.7 Å². The fraction of sp³-hybridized carbons (Fsp3) is 0.800. The van der Waals surface area contributed by atoms with Crippen LogP contribution in [0.4, 0.5) is 0 Å². The zero-order valence-electron chi connectivity index (χ0n) is 13.8. The summed E-state index contributed by atoms with van der Waals surface area (Å²) in [5.74, 6) is 0. The van der Waals surface area contributed by atoms with E-state index in [1.807, 2.05) is 18.7 Å². The quantitative estimate of drug-likeness (QED) is 0.720. The number of hydrogen-bond donors (Lipinski definition) is 1. The molecule has 0 aliphatic carbocycles. The zero-order valence-corrected chi connectivity index (χ0v) is 14.5.